The minimum atomic E-state index is -1.06. The van der Waals surface area contributed by atoms with Crippen LogP contribution in [0.1, 0.15) is 18.4 Å². The van der Waals surface area contributed by atoms with Gasteiger partial charge in [-0.1, -0.05) is 23.9 Å². The topological polar surface area (TPSA) is 87.7 Å². The monoisotopic (exact) mass is 277 g/mol. The van der Waals surface area contributed by atoms with Crippen molar-refractivity contribution in [3.63, 3.8) is 0 Å². The van der Waals surface area contributed by atoms with Gasteiger partial charge in [0.25, 0.3) is 0 Å². The summed E-state index contributed by atoms with van der Waals surface area (Å²) in [5, 5.41) is 11.7. The molecule has 5 nitrogen and oxygen atoms in total. The molecule has 1 aromatic carbocycles. The van der Waals surface area contributed by atoms with Gasteiger partial charge in [-0.05, 0) is 36.5 Å². The van der Waals surface area contributed by atoms with Gasteiger partial charge in [-0.25, -0.2) is 4.79 Å². The van der Waals surface area contributed by atoms with E-state index in [9.17, 15) is 4.79 Å². The molecule has 1 heterocycles. The summed E-state index contributed by atoms with van der Waals surface area (Å²) in [5.41, 5.74) is 7.37. The molecule has 2 aliphatic rings. The van der Waals surface area contributed by atoms with Gasteiger partial charge in [-0.2, -0.15) is 0 Å². The van der Waals surface area contributed by atoms with E-state index in [-0.39, 0.29) is 5.54 Å². The van der Waals surface area contributed by atoms with Crippen LogP contribution in [-0.2, 0) is 5.54 Å². The van der Waals surface area contributed by atoms with Gasteiger partial charge >= 0.3 is 6.09 Å². The highest BCUT2D eigenvalue weighted by Crippen LogP contribution is 2.59. The van der Waals surface area contributed by atoms with E-state index in [0.717, 1.165) is 29.8 Å². The molecule has 1 fully saturated rings. The number of aliphatic imine (C=N–C) groups is 1. The van der Waals surface area contributed by atoms with Crippen molar-refractivity contribution in [3.05, 3.63) is 29.8 Å². The van der Waals surface area contributed by atoms with Crippen molar-refractivity contribution in [2.75, 3.05) is 11.5 Å². The van der Waals surface area contributed by atoms with E-state index in [1.165, 1.54) is 11.8 Å². The molecule has 19 heavy (non-hydrogen) atoms. The van der Waals surface area contributed by atoms with E-state index in [4.69, 9.17) is 10.8 Å². The Morgan fingerprint density at radius 2 is 2.42 bits per heavy atom. The van der Waals surface area contributed by atoms with Crippen LogP contribution < -0.4 is 11.1 Å². The van der Waals surface area contributed by atoms with Crippen molar-refractivity contribution in [1.82, 2.24) is 5.32 Å². The summed E-state index contributed by atoms with van der Waals surface area (Å²) in [6, 6.07) is 7.74. The Bertz CT molecular complexity index is 561. The summed E-state index contributed by atoms with van der Waals surface area (Å²) in [7, 11) is 0. The molecule has 2 atom stereocenters. The Morgan fingerprint density at radius 1 is 1.58 bits per heavy atom. The molecular weight excluding hydrogens is 262 g/mol. The first-order valence-electron chi connectivity index (χ1n) is 6.19. The van der Waals surface area contributed by atoms with Crippen molar-refractivity contribution in [3.8, 4) is 0 Å². The van der Waals surface area contributed by atoms with Crippen LogP contribution in [0.3, 0.4) is 0 Å². The van der Waals surface area contributed by atoms with Crippen LogP contribution in [0.4, 0.5) is 10.5 Å². The van der Waals surface area contributed by atoms with Crippen molar-refractivity contribution in [1.29, 1.82) is 0 Å². The minimum Gasteiger partial charge on any atom is -0.465 e. The van der Waals surface area contributed by atoms with Crippen LogP contribution >= 0.6 is 11.8 Å². The predicted molar refractivity (Wildman–Crippen MR) is 76.3 cm³/mol. The zero-order valence-corrected chi connectivity index (χ0v) is 11.1. The molecule has 0 saturated heterocycles. The van der Waals surface area contributed by atoms with Gasteiger partial charge in [-0.3, -0.25) is 10.3 Å². The smallest absolute Gasteiger partial charge is 0.410 e. The molecule has 1 amide bonds. The predicted octanol–water partition coefficient (Wildman–Crippen LogP) is 2.24. The first-order valence-corrected chi connectivity index (χ1v) is 7.17. The number of fused-ring (bicyclic) bond motifs is 1. The van der Waals surface area contributed by atoms with Crippen molar-refractivity contribution >= 4 is 28.7 Å². The second-order valence-electron chi connectivity index (χ2n) is 4.94. The van der Waals surface area contributed by atoms with Gasteiger partial charge < -0.3 is 10.8 Å². The molecule has 2 unspecified atom stereocenters. The zero-order valence-electron chi connectivity index (χ0n) is 10.3. The van der Waals surface area contributed by atoms with Gasteiger partial charge in [0.2, 0.25) is 0 Å². The molecule has 3 rings (SSSR count). The molecular formula is C13H15N3O2S. The SMILES string of the molecule is Nc1cccc(C23CC2CCSC(NC(=O)O)=N3)c1. The van der Waals surface area contributed by atoms with E-state index in [1.54, 1.807) is 0 Å². The lowest BCUT2D eigenvalue weighted by atomic mass is 10.0. The highest BCUT2D eigenvalue weighted by atomic mass is 32.2. The highest BCUT2D eigenvalue weighted by Gasteiger charge is 2.56. The van der Waals surface area contributed by atoms with Gasteiger partial charge in [0.1, 0.15) is 0 Å². The van der Waals surface area contributed by atoms with Crippen LogP contribution in [0.5, 0.6) is 0 Å². The summed E-state index contributed by atoms with van der Waals surface area (Å²) in [6.07, 6.45) is 0.961. The number of nitrogens with zero attached hydrogens (tertiary/aromatic N) is 1. The molecule has 4 N–H and O–H groups in total. The quantitative estimate of drug-likeness (QED) is 0.687. The number of carbonyl (C=O) groups is 1. The summed E-state index contributed by atoms with van der Waals surface area (Å²) >= 11 is 1.47. The third kappa shape index (κ3) is 2.28. The second-order valence-corrected chi connectivity index (χ2v) is 6.02. The van der Waals surface area contributed by atoms with Gasteiger partial charge in [0.05, 0.1) is 5.54 Å². The second kappa shape index (κ2) is 4.45. The van der Waals surface area contributed by atoms with E-state index >= 15 is 0 Å². The summed E-state index contributed by atoms with van der Waals surface area (Å²) < 4.78 is 0. The maximum Gasteiger partial charge on any atom is 0.410 e. The van der Waals surface area contributed by atoms with E-state index < -0.39 is 6.09 Å². The first-order chi connectivity index (χ1) is 9.10. The number of nitrogens with one attached hydrogen (secondary N) is 1. The number of nitrogens with two attached hydrogens (primary N) is 1. The standard InChI is InChI=1S/C13H15N3O2S/c14-10-3-1-2-8(6-10)13-7-9(13)4-5-19-11(16-13)15-12(17)18/h1-3,6,9H,4-5,7,14H2,(H,15,16)(H,17,18). The third-order valence-corrected chi connectivity index (χ3v) is 4.59. The van der Waals surface area contributed by atoms with E-state index in [1.807, 2.05) is 24.3 Å². The molecule has 1 aliphatic heterocycles. The lowest BCUT2D eigenvalue weighted by Crippen LogP contribution is -2.27. The number of nitrogen functional groups attached to an aromatic ring is 1. The summed E-state index contributed by atoms with van der Waals surface area (Å²) in [4.78, 5) is 15.4. The normalized spacial score (nSPS) is 28.8. The number of carboxylic acid groups (broad SMARTS) is 1. The van der Waals surface area contributed by atoms with E-state index in [2.05, 4.69) is 10.3 Å². The maximum absolute atomic E-state index is 10.8. The Balaban J connectivity index is 1.96. The van der Waals surface area contributed by atoms with Crippen molar-refractivity contribution in [2.45, 2.75) is 18.4 Å². The molecule has 1 saturated carbocycles. The van der Waals surface area contributed by atoms with Gasteiger partial charge in [0, 0.05) is 11.4 Å². The molecule has 0 aromatic heterocycles. The lowest BCUT2D eigenvalue weighted by Gasteiger charge is -2.14. The Hall–Kier alpha value is -1.69. The zero-order chi connectivity index (χ0) is 13.5. The van der Waals surface area contributed by atoms with E-state index in [0.29, 0.717) is 11.1 Å². The van der Waals surface area contributed by atoms with Crippen molar-refractivity contribution < 1.29 is 9.90 Å². The number of rotatable bonds is 1. The number of amides is 1. The highest BCUT2D eigenvalue weighted by molar-refractivity contribution is 8.13. The molecule has 1 aromatic rings. The van der Waals surface area contributed by atoms with Crippen LogP contribution in [0, 0.1) is 5.92 Å². The number of anilines is 1. The summed E-state index contributed by atoms with van der Waals surface area (Å²) in [6.45, 7) is 0. The van der Waals surface area contributed by atoms with Crippen LogP contribution in [-0.4, -0.2) is 22.1 Å². The van der Waals surface area contributed by atoms with Crippen molar-refractivity contribution in [2.24, 2.45) is 10.9 Å². The lowest BCUT2D eigenvalue weighted by molar-refractivity contribution is 0.200. The number of thioether (sulfide) groups is 1. The third-order valence-electron chi connectivity index (χ3n) is 3.68. The van der Waals surface area contributed by atoms with Gasteiger partial charge in [-0.15, -0.1) is 0 Å². The Morgan fingerprint density at radius 3 is 3.16 bits per heavy atom. The largest absolute Gasteiger partial charge is 0.465 e. The fourth-order valence-corrected chi connectivity index (χ4v) is 3.67. The Kier molecular flexibility index (Phi) is 2.89. The number of hydrogen-bond donors (Lipinski definition) is 3. The average Bonchev–Trinajstić information content (AvgIpc) is 3.03. The molecule has 6 heteroatoms. The average molecular weight is 277 g/mol. The molecule has 100 valence electrons. The maximum atomic E-state index is 10.8. The molecule has 0 spiro atoms. The first kappa shape index (κ1) is 12.3. The number of benzene rings is 1. The number of amidine groups is 1. The Labute approximate surface area is 115 Å². The molecule has 0 radical (unpaired) electrons. The minimum absolute atomic E-state index is 0.267. The summed E-state index contributed by atoms with van der Waals surface area (Å²) in [5.74, 6) is 1.39. The fourth-order valence-electron chi connectivity index (χ4n) is 2.69. The number of hydrogen-bond acceptors (Lipinski definition) is 4. The molecule has 0 bridgehead atoms. The van der Waals surface area contributed by atoms with Crippen LogP contribution in [0.15, 0.2) is 29.3 Å². The van der Waals surface area contributed by atoms with Gasteiger partial charge in [0.15, 0.2) is 5.17 Å². The van der Waals surface area contributed by atoms with Crippen LogP contribution in [0.25, 0.3) is 0 Å². The molecule has 1 aliphatic carbocycles. The fraction of sp³-hybridized carbons (Fsp3) is 0.385. The van der Waals surface area contributed by atoms with Crippen LogP contribution in [0.2, 0.25) is 0 Å².